The second kappa shape index (κ2) is 3.79. The van der Waals surface area contributed by atoms with Crippen molar-refractivity contribution in [1.29, 1.82) is 0 Å². The smallest absolute Gasteiger partial charge is 0.170 e. The van der Waals surface area contributed by atoms with Crippen molar-refractivity contribution in [2.24, 2.45) is 0 Å². The molecular formula is C11H14FNO2. The average Bonchev–Trinajstić information content (AvgIpc) is 2.23. The predicted octanol–water partition coefficient (Wildman–Crippen LogP) is 1.10. The molecule has 1 saturated heterocycles. The molecule has 0 bridgehead atoms. The molecule has 2 rings (SSSR count). The van der Waals surface area contributed by atoms with E-state index in [4.69, 9.17) is 0 Å². The first-order valence-electron chi connectivity index (χ1n) is 5.04. The summed E-state index contributed by atoms with van der Waals surface area (Å²) >= 11 is 0. The van der Waals surface area contributed by atoms with Gasteiger partial charge in [-0.15, -0.1) is 0 Å². The fourth-order valence-corrected chi connectivity index (χ4v) is 1.99. The number of benzene rings is 1. The summed E-state index contributed by atoms with van der Waals surface area (Å²) in [5.41, 5.74) is -0.947. The highest BCUT2D eigenvalue weighted by Gasteiger charge is 2.34. The van der Waals surface area contributed by atoms with Crippen LogP contribution in [0.2, 0.25) is 0 Å². The zero-order valence-electron chi connectivity index (χ0n) is 8.33. The van der Waals surface area contributed by atoms with E-state index in [0.717, 1.165) is 0 Å². The van der Waals surface area contributed by atoms with Crippen molar-refractivity contribution in [2.75, 3.05) is 13.1 Å². The first-order valence-corrected chi connectivity index (χ1v) is 5.04. The summed E-state index contributed by atoms with van der Waals surface area (Å²) in [4.78, 5) is 0. The van der Waals surface area contributed by atoms with E-state index in [1.807, 2.05) is 0 Å². The Bertz CT molecular complexity index is 362. The molecular weight excluding hydrogens is 197 g/mol. The van der Waals surface area contributed by atoms with Crippen molar-refractivity contribution in [2.45, 2.75) is 18.4 Å². The first kappa shape index (κ1) is 10.4. The number of aromatic hydroxyl groups is 1. The van der Waals surface area contributed by atoms with Crippen LogP contribution in [-0.2, 0) is 5.60 Å². The zero-order valence-corrected chi connectivity index (χ0v) is 8.33. The Morgan fingerprint density at radius 2 is 1.93 bits per heavy atom. The van der Waals surface area contributed by atoms with Gasteiger partial charge in [0.05, 0.1) is 5.60 Å². The summed E-state index contributed by atoms with van der Waals surface area (Å²) in [5.74, 6) is -1.11. The average molecular weight is 211 g/mol. The van der Waals surface area contributed by atoms with Gasteiger partial charge in [0, 0.05) is 5.56 Å². The number of aliphatic hydroxyl groups is 1. The Balaban J connectivity index is 2.39. The highest BCUT2D eigenvalue weighted by molar-refractivity contribution is 5.34. The highest BCUT2D eigenvalue weighted by Crippen LogP contribution is 2.34. The number of nitrogens with one attached hydrogen (secondary N) is 1. The third kappa shape index (κ3) is 1.82. The zero-order chi connectivity index (χ0) is 10.9. The normalized spacial score (nSPS) is 20.1. The summed E-state index contributed by atoms with van der Waals surface area (Å²) in [6, 6.07) is 4.36. The predicted molar refractivity (Wildman–Crippen MR) is 54.1 cm³/mol. The van der Waals surface area contributed by atoms with E-state index in [2.05, 4.69) is 5.32 Å². The summed E-state index contributed by atoms with van der Waals surface area (Å²) < 4.78 is 13.6. The Morgan fingerprint density at radius 1 is 1.27 bits per heavy atom. The number of piperidine rings is 1. The molecule has 0 aliphatic carbocycles. The first-order chi connectivity index (χ1) is 7.13. The number of rotatable bonds is 1. The lowest BCUT2D eigenvalue weighted by Crippen LogP contribution is -2.40. The minimum absolute atomic E-state index is 0.198. The lowest BCUT2D eigenvalue weighted by Gasteiger charge is -2.33. The van der Waals surface area contributed by atoms with Crippen LogP contribution in [0.3, 0.4) is 0 Å². The molecule has 1 aromatic carbocycles. The standard InChI is InChI=1S/C11H14FNO2/c12-10-8(2-1-3-9(10)14)11(15)4-6-13-7-5-11/h1-3,13-15H,4-7H2. The lowest BCUT2D eigenvalue weighted by atomic mass is 9.85. The molecule has 1 aromatic rings. The van der Waals surface area contributed by atoms with Crippen molar-refractivity contribution in [3.63, 3.8) is 0 Å². The Morgan fingerprint density at radius 3 is 2.60 bits per heavy atom. The summed E-state index contributed by atoms with van der Waals surface area (Å²) in [6.45, 7) is 1.32. The molecule has 1 heterocycles. The second-order valence-electron chi connectivity index (χ2n) is 3.92. The molecule has 4 heteroatoms. The quantitative estimate of drug-likeness (QED) is 0.652. The van der Waals surface area contributed by atoms with Crippen LogP contribution in [0.5, 0.6) is 5.75 Å². The van der Waals surface area contributed by atoms with Gasteiger partial charge < -0.3 is 15.5 Å². The van der Waals surface area contributed by atoms with Gasteiger partial charge in [-0.05, 0) is 32.0 Å². The maximum absolute atomic E-state index is 13.6. The van der Waals surface area contributed by atoms with Crippen LogP contribution < -0.4 is 5.32 Å². The molecule has 0 unspecified atom stereocenters. The molecule has 1 aliphatic heterocycles. The Kier molecular flexibility index (Phi) is 2.63. The van der Waals surface area contributed by atoms with E-state index in [-0.39, 0.29) is 5.56 Å². The SMILES string of the molecule is Oc1cccc(C2(O)CCNCC2)c1F. The van der Waals surface area contributed by atoms with E-state index < -0.39 is 17.2 Å². The van der Waals surface area contributed by atoms with E-state index in [9.17, 15) is 14.6 Å². The molecule has 3 N–H and O–H groups in total. The maximum Gasteiger partial charge on any atom is 0.170 e. The van der Waals surface area contributed by atoms with E-state index in [1.165, 1.54) is 12.1 Å². The minimum Gasteiger partial charge on any atom is -0.505 e. The van der Waals surface area contributed by atoms with Gasteiger partial charge in [-0.3, -0.25) is 0 Å². The van der Waals surface area contributed by atoms with Gasteiger partial charge in [0.15, 0.2) is 11.6 Å². The molecule has 1 aliphatic rings. The molecule has 0 aromatic heterocycles. The van der Waals surface area contributed by atoms with Crippen molar-refractivity contribution in [3.8, 4) is 5.75 Å². The van der Waals surface area contributed by atoms with Crippen molar-refractivity contribution < 1.29 is 14.6 Å². The van der Waals surface area contributed by atoms with Crippen LogP contribution in [0, 0.1) is 5.82 Å². The third-order valence-corrected chi connectivity index (χ3v) is 2.91. The number of hydrogen-bond acceptors (Lipinski definition) is 3. The number of phenols is 1. The van der Waals surface area contributed by atoms with Crippen molar-refractivity contribution >= 4 is 0 Å². The topological polar surface area (TPSA) is 52.5 Å². The van der Waals surface area contributed by atoms with Gasteiger partial charge >= 0.3 is 0 Å². The van der Waals surface area contributed by atoms with Crippen LogP contribution in [0.25, 0.3) is 0 Å². The third-order valence-electron chi connectivity index (χ3n) is 2.91. The van der Waals surface area contributed by atoms with E-state index >= 15 is 0 Å². The van der Waals surface area contributed by atoms with Crippen LogP contribution in [0.15, 0.2) is 18.2 Å². The van der Waals surface area contributed by atoms with E-state index in [0.29, 0.717) is 25.9 Å². The molecule has 0 spiro atoms. The van der Waals surface area contributed by atoms with Gasteiger partial charge in [0.25, 0.3) is 0 Å². The summed E-state index contributed by atoms with van der Waals surface area (Å²) in [6.07, 6.45) is 0.931. The molecule has 15 heavy (non-hydrogen) atoms. The van der Waals surface area contributed by atoms with Crippen LogP contribution >= 0.6 is 0 Å². The van der Waals surface area contributed by atoms with Crippen molar-refractivity contribution in [1.82, 2.24) is 5.32 Å². The molecule has 0 amide bonds. The molecule has 0 saturated carbocycles. The molecule has 0 atom stereocenters. The largest absolute Gasteiger partial charge is 0.505 e. The van der Waals surface area contributed by atoms with Gasteiger partial charge in [0.1, 0.15) is 0 Å². The van der Waals surface area contributed by atoms with Gasteiger partial charge in [-0.1, -0.05) is 12.1 Å². The monoisotopic (exact) mass is 211 g/mol. The Labute approximate surface area is 87.6 Å². The summed E-state index contributed by atoms with van der Waals surface area (Å²) in [7, 11) is 0. The van der Waals surface area contributed by atoms with Gasteiger partial charge in [-0.25, -0.2) is 4.39 Å². The fraction of sp³-hybridized carbons (Fsp3) is 0.455. The fourth-order valence-electron chi connectivity index (χ4n) is 1.99. The van der Waals surface area contributed by atoms with Crippen LogP contribution in [0.4, 0.5) is 4.39 Å². The highest BCUT2D eigenvalue weighted by atomic mass is 19.1. The molecule has 3 nitrogen and oxygen atoms in total. The number of halogens is 1. The van der Waals surface area contributed by atoms with Gasteiger partial charge in [-0.2, -0.15) is 0 Å². The molecule has 0 radical (unpaired) electrons. The minimum atomic E-state index is -1.14. The maximum atomic E-state index is 13.6. The second-order valence-corrected chi connectivity index (χ2v) is 3.92. The number of phenolic OH excluding ortho intramolecular Hbond substituents is 1. The lowest BCUT2D eigenvalue weighted by molar-refractivity contribution is 0.00239. The molecule has 82 valence electrons. The molecule has 1 fully saturated rings. The summed E-state index contributed by atoms with van der Waals surface area (Å²) in [5, 5.41) is 22.6. The van der Waals surface area contributed by atoms with Crippen molar-refractivity contribution in [3.05, 3.63) is 29.6 Å². The van der Waals surface area contributed by atoms with Crippen LogP contribution in [-0.4, -0.2) is 23.3 Å². The van der Waals surface area contributed by atoms with Gasteiger partial charge in [0.2, 0.25) is 0 Å². The van der Waals surface area contributed by atoms with Crippen LogP contribution in [0.1, 0.15) is 18.4 Å². The number of hydrogen-bond donors (Lipinski definition) is 3. The van der Waals surface area contributed by atoms with E-state index in [1.54, 1.807) is 6.07 Å². The Hall–Kier alpha value is -1.13.